The molecule has 1 heterocycles. The van der Waals surface area contributed by atoms with Gasteiger partial charge in [0.15, 0.2) is 0 Å². The van der Waals surface area contributed by atoms with Crippen LogP contribution in [-0.4, -0.2) is 36.5 Å². The largest absolute Gasteiger partial charge is 0.420 e. The minimum absolute atomic E-state index is 0.0779. The SMILES string of the molecule is CC(C)OC(C)OC(=O)N1CCCCC1. The van der Waals surface area contributed by atoms with Crippen molar-refractivity contribution in [2.45, 2.75) is 52.4 Å². The average molecular weight is 215 g/mol. The van der Waals surface area contributed by atoms with Crippen LogP contribution in [0.25, 0.3) is 0 Å². The van der Waals surface area contributed by atoms with Gasteiger partial charge in [-0.2, -0.15) is 0 Å². The van der Waals surface area contributed by atoms with Crippen molar-refractivity contribution in [2.75, 3.05) is 13.1 Å². The van der Waals surface area contributed by atoms with Gasteiger partial charge in [0.2, 0.25) is 6.29 Å². The van der Waals surface area contributed by atoms with Crippen LogP contribution in [0.4, 0.5) is 4.79 Å². The molecule has 0 N–H and O–H groups in total. The van der Waals surface area contributed by atoms with E-state index in [1.54, 1.807) is 11.8 Å². The summed E-state index contributed by atoms with van der Waals surface area (Å²) in [6, 6.07) is 0. The quantitative estimate of drug-likeness (QED) is 0.678. The van der Waals surface area contributed by atoms with Crippen LogP contribution in [-0.2, 0) is 9.47 Å². The lowest BCUT2D eigenvalue weighted by Gasteiger charge is -2.27. The number of hydrogen-bond donors (Lipinski definition) is 0. The fourth-order valence-electron chi connectivity index (χ4n) is 1.70. The first-order valence-corrected chi connectivity index (χ1v) is 5.70. The Hall–Kier alpha value is -0.770. The third-order valence-corrected chi connectivity index (χ3v) is 2.34. The summed E-state index contributed by atoms with van der Waals surface area (Å²) < 4.78 is 10.5. The summed E-state index contributed by atoms with van der Waals surface area (Å²) in [5.41, 5.74) is 0. The maximum absolute atomic E-state index is 11.6. The molecule has 0 bridgehead atoms. The Kier molecular flexibility index (Phi) is 4.88. The molecule has 0 saturated carbocycles. The van der Waals surface area contributed by atoms with Gasteiger partial charge < -0.3 is 14.4 Å². The fourth-order valence-corrected chi connectivity index (χ4v) is 1.70. The molecule has 1 fully saturated rings. The molecule has 1 aliphatic rings. The van der Waals surface area contributed by atoms with Crippen LogP contribution in [0.5, 0.6) is 0 Å². The van der Waals surface area contributed by atoms with Crippen molar-refractivity contribution in [3.63, 3.8) is 0 Å². The van der Waals surface area contributed by atoms with Crippen molar-refractivity contribution in [1.29, 1.82) is 0 Å². The lowest BCUT2D eigenvalue weighted by molar-refractivity contribution is -0.123. The highest BCUT2D eigenvalue weighted by Crippen LogP contribution is 2.11. The molecule has 15 heavy (non-hydrogen) atoms. The van der Waals surface area contributed by atoms with E-state index in [1.807, 2.05) is 13.8 Å². The van der Waals surface area contributed by atoms with E-state index in [2.05, 4.69) is 0 Å². The smallest absolute Gasteiger partial charge is 0.412 e. The van der Waals surface area contributed by atoms with Crippen molar-refractivity contribution in [1.82, 2.24) is 4.90 Å². The highest BCUT2D eigenvalue weighted by molar-refractivity contribution is 5.67. The van der Waals surface area contributed by atoms with Gasteiger partial charge in [-0.15, -0.1) is 0 Å². The summed E-state index contributed by atoms with van der Waals surface area (Å²) in [4.78, 5) is 13.4. The Morgan fingerprint density at radius 2 is 1.73 bits per heavy atom. The molecule has 0 aliphatic carbocycles. The number of ether oxygens (including phenoxy) is 2. The second-order valence-electron chi connectivity index (χ2n) is 4.18. The zero-order valence-electron chi connectivity index (χ0n) is 9.86. The van der Waals surface area contributed by atoms with Crippen molar-refractivity contribution in [2.24, 2.45) is 0 Å². The molecule has 4 nitrogen and oxygen atoms in total. The Morgan fingerprint density at radius 1 is 1.13 bits per heavy atom. The first-order chi connectivity index (χ1) is 7.09. The number of carbonyl (C=O) groups is 1. The Morgan fingerprint density at radius 3 is 2.27 bits per heavy atom. The zero-order valence-corrected chi connectivity index (χ0v) is 9.86. The summed E-state index contributed by atoms with van der Waals surface area (Å²) in [5, 5.41) is 0. The van der Waals surface area contributed by atoms with Gasteiger partial charge >= 0.3 is 6.09 Å². The summed E-state index contributed by atoms with van der Waals surface area (Å²) in [7, 11) is 0. The number of likely N-dealkylation sites (tertiary alicyclic amines) is 1. The number of amides is 1. The minimum atomic E-state index is -0.459. The molecule has 0 aromatic carbocycles. The maximum atomic E-state index is 11.6. The van der Waals surface area contributed by atoms with E-state index < -0.39 is 6.29 Å². The topological polar surface area (TPSA) is 38.8 Å². The molecule has 0 aromatic heterocycles. The van der Waals surface area contributed by atoms with Gasteiger partial charge in [-0.3, -0.25) is 0 Å². The molecule has 1 aliphatic heterocycles. The van der Waals surface area contributed by atoms with Crippen molar-refractivity contribution in [3.8, 4) is 0 Å². The molecule has 1 atom stereocenters. The number of piperidine rings is 1. The number of carbonyl (C=O) groups excluding carboxylic acids is 1. The highest BCUT2D eigenvalue weighted by atomic mass is 16.7. The van der Waals surface area contributed by atoms with Gasteiger partial charge in [0, 0.05) is 13.1 Å². The summed E-state index contributed by atoms with van der Waals surface area (Å²) >= 11 is 0. The average Bonchev–Trinajstić information content (AvgIpc) is 2.17. The summed E-state index contributed by atoms with van der Waals surface area (Å²) in [6.07, 6.45) is 2.74. The van der Waals surface area contributed by atoms with Gasteiger partial charge in [-0.05, 0) is 40.0 Å². The van der Waals surface area contributed by atoms with Crippen LogP contribution < -0.4 is 0 Å². The highest BCUT2D eigenvalue weighted by Gasteiger charge is 2.20. The van der Waals surface area contributed by atoms with Gasteiger partial charge in [0.25, 0.3) is 0 Å². The van der Waals surface area contributed by atoms with E-state index in [0.29, 0.717) is 0 Å². The maximum Gasteiger partial charge on any atom is 0.412 e. The molecule has 1 rings (SSSR count). The number of nitrogens with zero attached hydrogens (tertiary/aromatic N) is 1. The predicted octanol–water partition coefficient (Wildman–Crippen LogP) is 2.38. The van der Waals surface area contributed by atoms with E-state index in [-0.39, 0.29) is 12.2 Å². The molecule has 0 radical (unpaired) electrons. The Labute approximate surface area is 91.5 Å². The second kappa shape index (κ2) is 5.95. The first-order valence-electron chi connectivity index (χ1n) is 5.70. The predicted molar refractivity (Wildman–Crippen MR) is 57.6 cm³/mol. The van der Waals surface area contributed by atoms with E-state index >= 15 is 0 Å². The molecule has 1 saturated heterocycles. The third kappa shape index (κ3) is 4.51. The third-order valence-electron chi connectivity index (χ3n) is 2.34. The van der Waals surface area contributed by atoms with Crippen LogP contribution >= 0.6 is 0 Å². The lowest BCUT2D eigenvalue weighted by atomic mass is 10.1. The van der Waals surface area contributed by atoms with Gasteiger partial charge in [0.05, 0.1) is 6.10 Å². The van der Waals surface area contributed by atoms with Crippen LogP contribution in [0.15, 0.2) is 0 Å². The fraction of sp³-hybridized carbons (Fsp3) is 0.909. The van der Waals surface area contributed by atoms with Crippen LogP contribution in [0.3, 0.4) is 0 Å². The van der Waals surface area contributed by atoms with E-state index in [1.165, 1.54) is 6.42 Å². The second-order valence-corrected chi connectivity index (χ2v) is 4.18. The van der Waals surface area contributed by atoms with Crippen molar-refractivity contribution in [3.05, 3.63) is 0 Å². The molecule has 1 unspecified atom stereocenters. The van der Waals surface area contributed by atoms with Crippen molar-refractivity contribution >= 4 is 6.09 Å². The van der Waals surface area contributed by atoms with E-state index in [0.717, 1.165) is 25.9 Å². The number of rotatable bonds is 3. The Balaban J connectivity index is 2.27. The van der Waals surface area contributed by atoms with Crippen molar-refractivity contribution < 1.29 is 14.3 Å². The Bertz CT molecular complexity index is 200. The normalized spacial score (nSPS) is 19.1. The molecule has 1 amide bonds. The number of hydrogen-bond acceptors (Lipinski definition) is 3. The van der Waals surface area contributed by atoms with Crippen LogP contribution in [0.2, 0.25) is 0 Å². The van der Waals surface area contributed by atoms with Crippen LogP contribution in [0.1, 0.15) is 40.0 Å². The van der Waals surface area contributed by atoms with E-state index in [4.69, 9.17) is 9.47 Å². The molecular formula is C11H21NO3. The zero-order chi connectivity index (χ0) is 11.3. The van der Waals surface area contributed by atoms with Crippen LogP contribution in [0, 0.1) is 0 Å². The monoisotopic (exact) mass is 215 g/mol. The van der Waals surface area contributed by atoms with Gasteiger partial charge in [-0.1, -0.05) is 0 Å². The minimum Gasteiger partial charge on any atom is -0.420 e. The van der Waals surface area contributed by atoms with E-state index in [9.17, 15) is 4.79 Å². The molecule has 0 spiro atoms. The molecular weight excluding hydrogens is 194 g/mol. The standard InChI is InChI=1S/C11H21NO3/c1-9(2)14-10(3)15-11(13)12-7-5-4-6-8-12/h9-10H,4-8H2,1-3H3. The van der Waals surface area contributed by atoms with Gasteiger partial charge in [-0.25, -0.2) is 4.79 Å². The summed E-state index contributed by atoms with van der Waals surface area (Å²) in [5.74, 6) is 0. The molecule has 4 heteroatoms. The van der Waals surface area contributed by atoms with Gasteiger partial charge in [0.1, 0.15) is 0 Å². The molecule has 0 aromatic rings. The first kappa shape index (κ1) is 12.3. The molecule has 88 valence electrons. The summed E-state index contributed by atoms with van der Waals surface area (Å²) in [6.45, 7) is 7.22. The lowest BCUT2D eigenvalue weighted by Crippen LogP contribution is -2.38.